The largest absolute Gasteiger partial charge is 0.382 e. The van der Waals surface area contributed by atoms with Gasteiger partial charge in [-0.1, -0.05) is 6.07 Å². The molecular formula is C24H22F2IN5O2. The Hall–Kier alpha value is -3.15. The number of amides is 2. The molecule has 2 atom stereocenters. The summed E-state index contributed by atoms with van der Waals surface area (Å²) in [6, 6.07) is 8.04. The van der Waals surface area contributed by atoms with E-state index in [1.807, 2.05) is 22.6 Å². The average molecular weight is 577 g/mol. The molecule has 1 aliphatic rings. The third kappa shape index (κ3) is 5.32. The third-order valence-corrected chi connectivity index (χ3v) is 6.35. The molecule has 10 heteroatoms. The maximum absolute atomic E-state index is 14.9. The molecule has 0 radical (unpaired) electrons. The Morgan fingerprint density at radius 3 is 2.74 bits per heavy atom. The summed E-state index contributed by atoms with van der Waals surface area (Å²) in [5.74, 6) is -1.65. The summed E-state index contributed by atoms with van der Waals surface area (Å²) < 4.78 is 29.3. The van der Waals surface area contributed by atoms with Crippen molar-refractivity contribution >= 4 is 40.2 Å². The number of aromatic nitrogens is 2. The quantitative estimate of drug-likeness (QED) is 0.396. The first-order chi connectivity index (χ1) is 16.2. The zero-order valence-electron chi connectivity index (χ0n) is 18.2. The van der Waals surface area contributed by atoms with E-state index in [2.05, 4.69) is 20.6 Å². The van der Waals surface area contributed by atoms with E-state index in [9.17, 15) is 18.4 Å². The maximum Gasteiger partial charge on any atom is 0.254 e. The van der Waals surface area contributed by atoms with Gasteiger partial charge < -0.3 is 16.4 Å². The molecule has 2 amide bonds. The van der Waals surface area contributed by atoms with Gasteiger partial charge in [-0.25, -0.2) is 18.7 Å². The van der Waals surface area contributed by atoms with E-state index < -0.39 is 23.6 Å². The van der Waals surface area contributed by atoms with Crippen LogP contribution in [-0.4, -0.2) is 28.3 Å². The van der Waals surface area contributed by atoms with Crippen molar-refractivity contribution in [2.45, 2.75) is 31.7 Å². The number of hydrogen-bond donors (Lipinski definition) is 3. The van der Waals surface area contributed by atoms with Crippen molar-refractivity contribution in [1.82, 2.24) is 20.6 Å². The van der Waals surface area contributed by atoms with Crippen LogP contribution >= 0.6 is 22.6 Å². The Kier molecular flexibility index (Phi) is 7.05. The van der Waals surface area contributed by atoms with E-state index >= 15 is 0 Å². The van der Waals surface area contributed by atoms with Gasteiger partial charge in [0.1, 0.15) is 23.1 Å². The van der Waals surface area contributed by atoms with Gasteiger partial charge in [-0.3, -0.25) is 9.59 Å². The summed E-state index contributed by atoms with van der Waals surface area (Å²) in [4.78, 5) is 32.9. The second-order valence-electron chi connectivity index (χ2n) is 8.16. The smallest absolute Gasteiger partial charge is 0.254 e. The van der Waals surface area contributed by atoms with Crippen LogP contribution in [0.1, 0.15) is 53.3 Å². The number of hydrogen-bond acceptors (Lipinski definition) is 5. The van der Waals surface area contributed by atoms with E-state index in [0.29, 0.717) is 45.5 Å². The number of nitrogen functional groups attached to an aromatic ring is 1. The van der Waals surface area contributed by atoms with E-state index in [-0.39, 0.29) is 23.2 Å². The SMILES string of the molecule is C[C@@H](NC(=O)c1ccc(-c2nc(C3CCC(=O)NC3)cnc2N)cc1F)c1cc(F)cc(I)c1. The molecule has 0 aliphatic carbocycles. The van der Waals surface area contributed by atoms with Crippen molar-refractivity contribution in [3.05, 3.63) is 74.6 Å². The first-order valence-electron chi connectivity index (χ1n) is 10.7. The Morgan fingerprint density at radius 2 is 2.06 bits per heavy atom. The molecule has 2 aromatic carbocycles. The van der Waals surface area contributed by atoms with Crippen molar-refractivity contribution < 1.29 is 18.4 Å². The lowest BCUT2D eigenvalue weighted by atomic mass is 9.96. The van der Waals surface area contributed by atoms with Crippen LogP contribution in [0.15, 0.2) is 42.6 Å². The van der Waals surface area contributed by atoms with Gasteiger partial charge in [0.05, 0.1) is 23.5 Å². The van der Waals surface area contributed by atoms with Crippen LogP contribution in [0.3, 0.4) is 0 Å². The van der Waals surface area contributed by atoms with Crippen LogP contribution in [0.25, 0.3) is 11.3 Å². The van der Waals surface area contributed by atoms with Crippen molar-refractivity contribution in [2.75, 3.05) is 12.3 Å². The highest BCUT2D eigenvalue weighted by atomic mass is 127. The Bertz CT molecular complexity index is 1240. The Morgan fingerprint density at radius 1 is 1.26 bits per heavy atom. The predicted octanol–water partition coefficient (Wildman–Crippen LogP) is 4.09. The summed E-state index contributed by atoms with van der Waals surface area (Å²) >= 11 is 1.99. The van der Waals surface area contributed by atoms with E-state index in [1.165, 1.54) is 24.3 Å². The number of halogens is 3. The lowest BCUT2D eigenvalue weighted by Crippen LogP contribution is -2.34. The molecule has 176 valence electrons. The number of anilines is 1. The zero-order chi connectivity index (χ0) is 24.4. The molecule has 0 bridgehead atoms. The van der Waals surface area contributed by atoms with Gasteiger partial charge in [-0.2, -0.15) is 0 Å². The molecular weight excluding hydrogens is 555 g/mol. The molecule has 1 aromatic heterocycles. The number of nitrogens with zero attached hydrogens (tertiary/aromatic N) is 2. The molecule has 4 rings (SSSR count). The van der Waals surface area contributed by atoms with Gasteiger partial charge in [0, 0.05) is 28.0 Å². The Balaban J connectivity index is 1.54. The number of carbonyl (C=O) groups is 2. The highest BCUT2D eigenvalue weighted by Crippen LogP contribution is 2.29. The van der Waals surface area contributed by atoms with Gasteiger partial charge in [-0.05, 0) is 71.8 Å². The first-order valence-corrected chi connectivity index (χ1v) is 11.7. The van der Waals surface area contributed by atoms with Crippen LogP contribution < -0.4 is 16.4 Å². The lowest BCUT2D eigenvalue weighted by molar-refractivity contribution is -0.122. The summed E-state index contributed by atoms with van der Waals surface area (Å²) in [6.07, 6.45) is 2.60. The number of rotatable bonds is 5. The van der Waals surface area contributed by atoms with Crippen molar-refractivity contribution in [3.8, 4) is 11.3 Å². The Labute approximate surface area is 208 Å². The number of carbonyl (C=O) groups excluding carboxylic acids is 2. The minimum absolute atomic E-state index is 0.00253. The van der Waals surface area contributed by atoms with E-state index in [0.717, 1.165) is 0 Å². The van der Waals surface area contributed by atoms with Gasteiger partial charge in [-0.15, -0.1) is 0 Å². The summed E-state index contributed by atoms with van der Waals surface area (Å²) in [7, 11) is 0. The summed E-state index contributed by atoms with van der Waals surface area (Å²) in [6.45, 7) is 2.15. The van der Waals surface area contributed by atoms with Crippen LogP contribution in [0.4, 0.5) is 14.6 Å². The minimum atomic E-state index is -0.743. The molecule has 0 saturated carbocycles. The molecule has 1 aliphatic heterocycles. The van der Waals surface area contributed by atoms with Crippen LogP contribution in [0, 0.1) is 15.2 Å². The number of nitrogens with one attached hydrogen (secondary N) is 2. The second kappa shape index (κ2) is 10.00. The molecule has 34 heavy (non-hydrogen) atoms. The average Bonchev–Trinajstić information content (AvgIpc) is 2.79. The monoisotopic (exact) mass is 577 g/mol. The number of nitrogens with two attached hydrogens (primary N) is 1. The lowest BCUT2D eigenvalue weighted by Gasteiger charge is -2.22. The van der Waals surface area contributed by atoms with Crippen molar-refractivity contribution in [1.29, 1.82) is 0 Å². The molecule has 1 saturated heterocycles. The fourth-order valence-corrected chi connectivity index (χ4v) is 4.49. The zero-order valence-corrected chi connectivity index (χ0v) is 20.4. The molecule has 2 heterocycles. The predicted molar refractivity (Wildman–Crippen MR) is 132 cm³/mol. The highest BCUT2D eigenvalue weighted by Gasteiger charge is 2.23. The number of benzene rings is 2. The third-order valence-electron chi connectivity index (χ3n) is 5.72. The molecule has 1 fully saturated rings. The molecule has 1 unspecified atom stereocenters. The molecule has 3 aromatic rings. The van der Waals surface area contributed by atoms with E-state index in [1.54, 1.807) is 25.3 Å². The standard InChI is InChI=1S/C24H22F2IN5O2/c1-12(15-6-16(25)9-17(27)7-15)31-24(34)18-4-2-13(8-19(18)26)22-23(28)30-11-20(32-22)14-3-5-21(33)29-10-14/h2,4,6-9,11-12,14H,3,5,10H2,1H3,(H2,28,30)(H,29,33)(H,31,34)/t12-,14?/m1/s1. The van der Waals surface area contributed by atoms with E-state index in [4.69, 9.17) is 5.73 Å². The van der Waals surface area contributed by atoms with Crippen molar-refractivity contribution in [2.24, 2.45) is 0 Å². The molecule has 0 spiro atoms. The topological polar surface area (TPSA) is 110 Å². The maximum atomic E-state index is 14.9. The number of piperidine rings is 1. The normalized spacial score (nSPS) is 16.6. The van der Waals surface area contributed by atoms with Crippen LogP contribution in [0.5, 0.6) is 0 Å². The van der Waals surface area contributed by atoms with Gasteiger partial charge in [0.15, 0.2) is 0 Å². The van der Waals surface area contributed by atoms with Crippen molar-refractivity contribution in [3.63, 3.8) is 0 Å². The first kappa shape index (κ1) is 24.0. The minimum Gasteiger partial charge on any atom is -0.382 e. The van der Waals surface area contributed by atoms with Crippen LogP contribution in [-0.2, 0) is 4.79 Å². The molecule has 4 N–H and O–H groups in total. The van der Waals surface area contributed by atoms with Gasteiger partial charge in [0.25, 0.3) is 5.91 Å². The molecule has 7 nitrogen and oxygen atoms in total. The van der Waals surface area contributed by atoms with Gasteiger partial charge >= 0.3 is 0 Å². The fourth-order valence-electron chi connectivity index (χ4n) is 3.84. The highest BCUT2D eigenvalue weighted by molar-refractivity contribution is 14.1. The van der Waals surface area contributed by atoms with Gasteiger partial charge in [0.2, 0.25) is 5.91 Å². The second-order valence-corrected chi connectivity index (χ2v) is 9.41. The summed E-state index contributed by atoms with van der Waals surface area (Å²) in [5.41, 5.74) is 7.77. The summed E-state index contributed by atoms with van der Waals surface area (Å²) in [5, 5.41) is 5.50. The fraction of sp³-hybridized carbons (Fsp3) is 0.250. The van der Waals surface area contributed by atoms with Crippen LogP contribution in [0.2, 0.25) is 0 Å².